The van der Waals surface area contributed by atoms with Crippen LogP contribution in [0.1, 0.15) is 12.5 Å². The Kier molecular flexibility index (Phi) is 7.69. The summed E-state index contributed by atoms with van der Waals surface area (Å²) in [7, 11) is 0. The fraction of sp³-hybridized carbons (Fsp3) is 0.130. The van der Waals surface area contributed by atoms with Crippen LogP contribution in [0.2, 0.25) is 5.02 Å². The summed E-state index contributed by atoms with van der Waals surface area (Å²) in [6.45, 7) is 2.22. The Morgan fingerprint density at radius 2 is 1.77 bits per heavy atom. The van der Waals surface area contributed by atoms with Crippen LogP contribution in [0.4, 0.5) is 11.4 Å². The molecule has 7 heteroatoms. The van der Waals surface area contributed by atoms with Crippen molar-refractivity contribution in [2.24, 2.45) is 5.10 Å². The molecular formula is C23H22ClN3O3. The van der Waals surface area contributed by atoms with Crippen molar-refractivity contribution in [2.45, 2.75) is 6.92 Å². The second-order valence-electron chi connectivity index (χ2n) is 6.19. The van der Waals surface area contributed by atoms with Gasteiger partial charge in [0.1, 0.15) is 0 Å². The molecule has 3 rings (SSSR count). The minimum absolute atomic E-state index is 0.129. The molecule has 0 aliphatic heterocycles. The van der Waals surface area contributed by atoms with E-state index < -0.39 is 0 Å². The lowest BCUT2D eigenvalue weighted by atomic mass is 10.2. The molecule has 0 atom stereocenters. The predicted molar refractivity (Wildman–Crippen MR) is 121 cm³/mol. The average Bonchev–Trinajstić information content (AvgIpc) is 2.75. The molecule has 0 fully saturated rings. The van der Waals surface area contributed by atoms with E-state index in [2.05, 4.69) is 15.8 Å². The topological polar surface area (TPSA) is 71.9 Å². The third-order valence-electron chi connectivity index (χ3n) is 3.96. The fourth-order valence-electron chi connectivity index (χ4n) is 2.58. The zero-order valence-electron chi connectivity index (χ0n) is 16.5. The molecule has 0 aliphatic rings. The number of para-hydroxylation sites is 2. The summed E-state index contributed by atoms with van der Waals surface area (Å²) in [5.41, 5.74) is 5.14. The maximum absolute atomic E-state index is 12.1. The first kappa shape index (κ1) is 21.2. The van der Waals surface area contributed by atoms with E-state index in [0.717, 1.165) is 5.56 Å². The van der Waals surface area contributed by atoms with Gasteiger partial charge in [0.05, 0.1) is 23.5 Å². The molecule has 1 amide bonds. The van der Waals surface area contributed by atoms with Gasteiger partial charge in [-0.2, -0.15) is 5.10 Å². The van der Waals surface area contributed by atoms with Crippen molar-refractivity contribution in [3.8, 4) is 11.5 Å². The molecule has 3 aromatic rings. The van der Waals surface area contributed by atoms with E-state index in [0.29, 0.717) is 34.5 Å². The highest BCUT2D eigenvalue weighted by Crippen LogP contribution is 2.28. The number of hydrogen-bond donors (Lipinski definition) is 2. The lowest BCUT2D eigenvalue weighted by Gasteiger charge is -2.12. The molecule has 0 aromatic heterocycles. The quantitative estimate of drug-likeness (QED) is 0.366. The van der Waals surface area contributed by atoms with Crippen LogP contribution in [0.3, 0.4) is 0 Å². The molecular weight excluding hydrogens is 402 g/mol. The van der Waals surface area contributed by atoms with Gasteiger partial charge in [0.25, 0.3) is 5.91 Å². The van der Waals surface area contributed by atoms with E-state index in [1.807, 2.05) is 61.5 Å². The Morgan fingerprint density at radius 3 is 2.53 bits per heavy atom. The van der Waals surface area contributed by atoms with Crippen molar-refractivity contribution < 1.29 is 14.3 Å². The van der Waals surface area contributed by atoms with Gasteiger partial charge in [-0.15, -0.1) is 0 Å². The summed E-state index contributed by atoms with van der Waals surface area (Å²) < 4.78 is 11.3. The zero-order valence-corrected chi connectivity index (χ0v) is 17.2. The number of ether oxygens (including phenoxy) is 2. The van der Waals surface area contributed by atoms with Crippen molar-refractivity contribution >= 4 is 35.1 Å². The Balaban J connectivity index is 1.62. The van der Waals surface area contributed by atoms with Crippen LogP contribution in [0.25, 0.3) is 0 Å². The Bertz CT molecular complexity index is 1010. The second-order valence-corrected chi connectivity index (χ2v) is 6.60. The maximum atomic E-state index is 12.1. The third kappa shape index (κ3) is 6.25. The number of anilines is 2. The van der Waals surface area contributed by atoms with Gasteiger partial charge in [0.15, 0.2) is 18.1 Å². The molecule has 0 aliphatic carbocycles. The summed E-state index contributed by atoms with van der Waals surface area (Å²) >= 11 is 6.10. The van der Waals surface area contributed by atoms with Gasteiger partial charge in [-0.1, -0.05) is 41.9 Å². The first-order chi connectivity index (χ1) is 14.7. The highest BCUT2D eigenvalue weighted by molar-refractivity contribution is 6.33. The first-order valence-corrected chi connectivity index (χ1v) is 9.81. The van der Waals surface area contributed by atoms with E-state index in [1.165, 1.54) is 0 Å². The van der Waals surface area contributed by atoms with Crippen LogP contribution >= 0.6 is 11.6 Å². The molecule has 0 heterocycles. The van der Waals surface area contributed by atoms with Crippen LogP contribution in [0, 0.1) is 0 Å². The Labute approximate surface area is 180 Å². The van der Waals surface area contributed by atoms with Crippen LogP contribution in [0.15, 0.2) is 77.9 Å². The lowest BCUT2D eigenvalue weighted by Crippen LogP contribution is -2.20. The van der Waals surface area contributed by atoms with E-state index in [-0.39, 0.29) is 12.5 Å². The van der Waals surface area contributed by atoms with Crippen molar-refractivity contribution in [3.63, 3.8) is 0 Å². The predicted octanol–water partition coefficient (Wildman–Crippen LogP) is 5.20. The van der Waals surface area contributed by atoms with E-state index >= 15 is 0 Å². The largest absolute Gasteiger partial charge is 0.490 e. The summed E-state index contributed by atoms with van der Waals surface area (Å²) in [5, 5.41) is 7.57. The van der Waals surface area contributed by atoms with Gasteiger partial charge >= 0.3 is 0 Å². The number of benzene rings is 3. The van der Waals surface area contributed by atoms with E-state index in [4.69, 9.17) is 21.1 Å². The smallest absolute Gasteiger partial charge is 0.262 e. The second kappa shape index (κ2) is 10.9. The van der Waals surface area contributed by atoms with Gasteiger partial charge in [0, 0.05) is 5.69 Å². The number of amides is 1. The first-order valence-electron chi connectivity index (χ1n) is 9.44. The van der Waals surface area contributed by atoms with Gasteiger partial charge in [-0.05, 0) is 55.0 Å². The number of hydrogen-bond acceptors (Lipinski definition) is 5. The normalized spacial score (nSPS) is 10.6. The van der Waals surface area contributed by atoms with Crippen LogP contribution < -0.4 is 20.2 Å². The number of rotatable bonds is 9. The van der Waals surface area contributed by atoms with Crippen LogP contribution in [-0.4, -0.2) is 25.3 Å². The average molecular weight is 424 g/mol. The lowest BCUT2D eigenvalue weighted by molar-refractivity contribution is -0.118. The van der Waals surface area contributed by atoms with Crippen LogP contribution in [0.5, 0.6) is 11.5 Å². The maximum Gasteiger partial charge on any atom is 0.262 e. The third-order valence-corrected chi connectivity index (χ3v) is 4.29. The molecule has 0 saturated carbocycles. The van der Waals surface area contributed by atoms with Gasteiger partial charge in [-0.3, -0.25) is 10.2 Å². The molecule has 2 N–H and O–H groups in total. The van der Waals surface area contributed by atoms with Crippen molar-refractivity contribution in [2.75, 3.05) is 24.0 Å². The Morgan fingerprint density at radius 1 is 1.00 bits per heavy atom. The van der Waals surface area contributed by atoms with Crippen molar-refractivity contribution in [3.05, 3.63) is 83.4 Å². The van der Waals surface area contributed by atoms with Crippen molar-refractivity contribution in [1.29, 1.82) is 0 Å². The Hall–Kier alpha value is -3.51. The summed E-state index contributed by atoms with van der Waals surface area (Å²) in [5.74, 6) is 0.765. The van der Waals surface area contributed by atoms with Gasteiger partial charge in [0.2, 0.25) is 0 Å². The number of halogens is 1. The summed E-state index contributed by atoms with van der Waals surface area (Å²) in [6.07, 6.45) is 1.65. The molecule has 6 nitrogen and oxygen atoms in total. The highest BCUT2D eigenvalue weighted by atomic mass is 35.5. The SMILES string of the molecule is CCOc1cc(/C=N/Nc2ccccc2Cl)ccc1OCC(=O)Nc1ccccc1. The monoisotopic (exact) mass is 423 g/mol. The summed E-state index contributed by atoms with van der Waals surface area (Å²) in [4.78, 5) is 12.1. The number of nitrogens with one attached hydrogen (secondary N) is 2. The van der Waals surface area contributed by atoms with Gasteiger partial charge in [-0.25, -0.2) is 0 Å². The van der Waals surface area contributed by atoms with E-state index in [1.54, 1.807) is 24.4 Å². The van der Waals surface area contributed by atoms with E-state index in [9.17, 15) is 4.79 Å². The zero-order chi connectivity index (χ0) is 21.2. The number of hydrazone groups is 1. The minimum Gasteiger partial charge on any atom is -0.490 e. The fourth-order valence-corrected chi connectivity index (χ4v) is 2.76. The molecule has 0 spiro atoms. The number of nitrogens with zero attached hydrogens (tertiary/aromatic N) is 1. The summed E-state index contributed by atoms with van der Waals surface area (Å²) in [6, 6.07) is 21.9. The molecule has 3 aromatic carbocycles. The molecule has 0 radical (unpaired) electrons. The van der Waals surface area contributed by atoms with Crippen molar-refractivity contribution in [1.82, 2.24) is 0 Å². The minimum atomic E-state index is -0.252. The molecule has 0 unspecified atom stereocenters. The molecule has 30 heavy (non-hydrogen) atoms. The molecule has 0 bridgehead atoms. The standard InChI is InChI=1S/C23H22ClN3O3/c1-2-29-22-14-17(15-25-27-20-11-7-6-10-19(20)24)12-13-21(22)30-16-23(28)26-18-8-4-3-5-9-18/h3-15,27H,2,16H2,1H3,(H,26,28)/b25-15+. The number of carbonyl (C=O) groups is 1. The van der Waals surface area contributed by atoms with Gasteiger partial charge < -0.3 is 14.8 Å². The number of carbonyl (C=O) groups excluding carboxylic acids is 1. The molecule has 154 valence electrons. The molecule has 0 saturated heterocycles. The van der Waals surface area contributed by atoms with Crippen LogP contribution in [-0.2, 0) is 4.79 Å². The highest BCUT2D eigenvalue weighted by Gasteiger charge is 2.09.